The molecule has 0 saturated heterocycles. The van der Waals surface area contributed by atoms with E-state index in [2.05, 4.69) is 50.3 Å². The average molecular weight is 339 g/mol. The van der Waals surface area contributed by atoms with Gasteiger partial charge in [-0.25, -0.2) is 9.97 Å². The molecule has 2 heterocycles. The normalized spacial score (nSPS) is 12.6. The van der Waals surface area contributed by atoms with Crippen molar-refractivity contribution in [1.29, 1.82) is 0 Å². The summed E-state index contributed by atoms with van der Waals surface area (Å²) in [5.41, 5.74) is 6.00. The number of nitrogens with two attached hydrogens (primary N) is 1. The van der Waals surface area contributed by atoms with Gasteiger partial charge in [-0.15, -0.1) is 0 Å². The number of hydrogen-bond acceptors (Lipinski definition) is 5. The van der Waals surface area contributed by atoms with Gasteiger partial charge in [-0.3, -0.25) is 16.0 Å². The second-order valence-electron chi connectivity index (χ2n) is 4.47. The third-order valence-corrected chi connectivity index (χ3v) is 4.19. The van der Waals surface area contributed by atoms with E-state index in [9.17, 15) is 0 Å². The van der Waals surface area contributed by atoms with Crippen LogP contribution < -0.4 is 11.3 Å². The van der Waals surface area contributed by atoms with E-state index in [0.717, 1.165) is 40.8 Å². The van der Waals surface area contributed by atoms with E-state index >= 15 is 0 Å². The predicted octanol–water partition coefficient (Wildman–Crippen LogP) is 1.76. The molecule has 20 heavy (non-hydrogen) atoms. The molecule has 0 aromatic carbocycles. The largest absolute Gasteiger partial charge is 0.271 e. The number of aromatic nitrogens is 4. The Balaban J connectivity index is 2.30. The Kier molecular flexibility index (Phi) is 5.22. The van der Waals surface area contributed by atoms with Crippen LogP contribution in [0, 0.1) is 0 Å². The van der Waals surface area contributed by atoms with Gasteiger partial charge in [-0.2, -0.15) is 5.10 Å². The molecule has 1 unspecified atom stereocenters. The number of hydrazine groups is 1. The van der Waals surface area contributed by atoms with Crippen LogP contribution >= 0.6 is 15.9 Å². The molecule has 2 aromatic rings. The molecule has 0 aliphatic rings. The van der Waals surface area contributed by atoms with E-state index < -0.39 is 0 Å². The highest BCUT2D eigenvalue weighted by molar-refractivity contribution is 9.10. The van der Waals surface area contributed by atoms with Gasteiger partial charge in [0.25, 0.3) is 0 Å². The fraction of sp³-hybridized carbons (Fsp3) is 0.462. The third kappa shape index (κ3) is 3.05. The van der Waals surface area contributed by atoms with Crippen molar-refractivity contribution in [3.05, 3.63) is 40.1 Å². The van der Waals surface area contributed by atoms with E-state index in [-0.39, 0.29) is 6.04 Å². The number of hydrogen-bond donors (Lipinski definition) is 2. The van der Waals surface area contributed by atoms with E-state index in [0.29, 0.717) is 0 Å². The molecule has 0 aliphatic heterocycles. The summed E-state index contributed by atoms with van der Waals surface area (Å²) >= 11 is 3.65. The quantitative estimate of drug-likeness (QED) is 0.619. The molecule has 3 N–H and O–H groups in total. The second-order valence-corrected chi connectivity index (χ2v) is 5.26. The molecule has 0 amide bonds. The van der Waals surface area contributed by atoms with Gasteiger partial charge in [0.05, 0.1) is 21.9 Å². The van der Waals surface area contributed by atoms with Crippen molar-refractivity contribution in [2.24, 2.45) is 5.84 Å². The van der Waals surface area contributed by atoms with Crippen molar-refractivity contribution in [2.45, 2.75) is 39.3 Å². The monoisotopic (exact) mass is 338 g/mol. The first-order valence-electron chi connectivity index (χ1n) is 6.66. The lowest BCUT2D eigenvalue weighted by Crippen LogP contribution is -2.30. The van der Waals surface area contributed by atoms with Crippen LogP contribution in [0.4, 0.5) is 0 Å². The lowest BCUT2D eigenvalue weighted by atomic mass is 10.1. The minimum Gasteiger partial charge on any atom is -0.271 e. The van der Waals surface area contributed by atoms with Crippen LogP contribution in [0.25, 0.3) is 0 Å². The predicted molar refractivity (Wildman–Crippen MR) is 80.8 cm³/mol. The maximum absolute atomic E-state index is 5.68. The van der Waals surface area contributed by atoms with Gasteiger partial charge in [0.2, 0.25) is 0 Å². The van der Waals surface area contributed by atoms with Gasteiger partial charge in [0, 0.05) is 30.9 Å². The SMILES string of the molecule is CCc1nn(CC)c(CC(NN)c2cncnc2)c1Br. The molecule has 0 bridgehead atoms. The van der Waals surface area contributed by atoms with Crippen LogP contribution in [-0.2, 0) is 19.4 Å². The van der Waals surface area contributed by atoms with Crippen LogP contribution in [0.2, 0.25) is 0 Å². The Hall–Kier alpha value is -1.31. The van der Waals surface area contributed by atoms with Gasteiger partial charge < -0.3 is 0 Å². The van der Waals surface area contributed by atoms with Gasteiger partial charge in [0.1, 0.15) is 6.33 Å². The summed E-state index contributed by atoms with van der Waals surface area (Å²) in [6.45, 7) is 5.01. The van der Waals surface area contributed by atoms with Gasteiger partial charge in [0.15, 0.2) is 0 Å². The van der Waals surface area contributed by atoms with Crippen LogP contribution in [0.3, 0.4) is 0 Å². The smallest absolute Gasteiger partial charge is 0.115 e. The maximum Gasteiger partial charge on any atom is 0.115 e. The molecule has 108 valence electrons. The number of nitrogens with one attached hydrogen (secondary N) is 1. The molecule has 1 atom stereocenters. The van der Waals surface area contributed by atoms with Crippen molar-refractivity contribution in [1.82, 2.24) is 25.2 Å². The summed E-state index contributed by atoms with van der Waals surface area (Å²) in [5, 5.41) is 4.60. The lowest BCUT2D eigenvalue weighted by molar-refractivity contribution is 0.513. The van der Waals surface area contributed by atoms with Crippen molar-refractivity contribution in [3.8, 4) is 0 Å². The third-order valence-electron chi connectivity index (χ3n) is 3.28. The molecule has 0 fully saturated rings. The minimum absolute atomic E-state index is 0.0424. The molecule has 0 radical (unpaired) electrons. The van der Waals surface area contributed by atoms with Crippen molar-refractivity contribution < 1.29 is 0 Å². The first kappa shape index (κ1) is 15.1. The number of aryl methyl sites for hydroxylation is 2. The van der Waals surface area contributed by atoms with Gasteiger partial charge in [-0.1, -0.05) is 6.92 Å². The van der Waals surface area contributed by atoms with E-state index in [4.69, 9.17) is 5.84 Å². The zero-order valence-electron chi connectivity index (χ0n) is 11.7. The zero-order valence-corrected chi connectivity index (χ0v) is 13.3. The zero-order chi connectivity index (χ0) is 14.5. The van der Waals surface area contributed by atoms with Crippen LogP contribution in [-0.4, -0.2) is 19.7 Å². The summed E-state index contributed by atoms with van der Waals surface area (Å²) in [5.74, 6) is 5.68. The average Bonchev–Trinajstić information content (AvgIpc) is 2.81. The highest BCUT2D eigenvalue weighted by atomic mass is 79.9. The molecule has 2 aromatic heterocycles. The fourth-order valence-corrected chi connectivity index (χ4v) is 2.90. The van der Waals surface area contributed by atoms with Crippen LogP contribution in [0.5, 0.6) is 0 Å². The van der Waals surface area contributed by atoms with E-state index in [1.54, 1.807) is 12.4 Å². The first-order valence-corrected chi connectivity index (χ1v) is 7.45. The molecule has 2 rings (SSSR count). The maximum atomic E-state index is 5.68. The molecule has 7 heteroatoms. The fourth-order valence-electron chi connectivity index (χ4n) is 2.17. The summed E-state index contributed by atoms with van der Waals surface area (Å²) in [4.78, 5) is 8.08. The highest BCUT2D eigenvalue weighted by Gasteiger charge is 2.19. The topological polar surface area (TPSA) is 81.7 Å². The van der Waals surface area contributed by atoms with Crippen molar-refractivity contribution in [3.63, 3.8) is 0 Å². The summed E-state index contributed by atoms with van der Waals surface area (Å²) < 4.78 is 3.08. The Labute approximate surface area is 126 Å². The number of nitrogens with zero attached hydrogens (tertiary/aromatic N) is 4. The van der Waals surface area contributed by atoms with Crippen LogP contribution in [0.15, 0.2) is 23.2 Å². The summed E-state index contributed by atoms with van der Waals surface area (Å²) in [6, 6.07) is -0.0424. The first-order chi connectivity index (χ1) is 9.71. The van der Waals surface area contributed by atoms with Gasteiger partial charge in [-0.05, 0) is 29.3 Å². The van der Waals surface area contributed by atoms with Gasteiger partial charge >= 0.3 is 0 Å². The minimum atomic E-state index is -0.0424. The van der Waals surface area contributed by atoms with Crippen molar-refractivity contribution >= 4 is 15.9 Å². The Morgan fingerprint density at radius 3 is 2.60 bits per heavy atom. The van der Waals surface area contributed by atoms with Crippen LogP contribution in [0.1, 0.15) is 36.8 Å². The summed E-state index contributed by atoms with van der Waals surface area (Å²) in [7, 11) is 0. The Morgan fingerprint density at radius 2 is 2.05 bits per heavy atom. The molecule has 0 saturated carbocycles. The Morgan fingerprint density at radius 1 is 1.35 bits per heavy atom. The molecular formula is C13H19BrN6. The van der Waals surface area contributed by atoms with Crippen molar-refractivity contribution in [2.75, 3.05) is 0 Å². The summed E-state index contributed by atoms with van der Waals surface area (Å²) in [6.07, 6.45) is 6.69. The highest BCUT2D eigenvalue weighted by Crippen LogP contribution is 2.26. The molecule has 0 aliphatic carbocycles. The number of halogens is 1. The molecule has 0 spiro atoms. The molecule has 6 nitrogen and oxygen atoms in total. The number of rotatable bonds is 6. The molecular weight excluding hydrogens is 320 g/mol. The van der Waals surface area contributed by atoms with E-state index in [1.807, 2.05) is 4.68 Å². The second kappa shape index (κ2) is 6.92. The standard InChI is InChI=1S/C13H19BrN6/c1-3-10-13(14)12(20(4-2)19-10)5-11(18-15)9-6-16-8-17-7-9/h6-8,11,18H,3-5,15H2,1-2H3. The van der Waals surface area contributed by atoms with E-state index in [1.165, 1.54) is 6.33 Å². The lowest BCUT2D eigenvalue weighted by Gasteiger charge is -2.16. The Bertz CT molecular complexity index is 553.